The van der Waals surface area contributed by atoms with Gasteiger partial charge < -0.3 is 10.6 Å². The number of carbonyl (C=O) groups is 1. The van der Waals surface area contributed by atoms with Crippen LogP contribution in [0.5, 0.6) is 0 Å². The average molecular weight is 234 g/mol. The van der Waals surface area contributed by atoms with E-state index in [-0.39, 0.29) is 11.7 Å². The molecule has 1 aliphatic rings. The van der Waals surface area contributed by atoms with Crippen LogP contribution in [-0.4, -0.2) is 19.0 Å². The van der Waals surface area contributed by atoms with Gasteiger partial charge in [0, 0.05) is 25.2 Å². The Labute approximate surface area is 99.7 Å². The fraction of sp³-hybridized carbons (Fsp3) is 0.308. The van der Waals surface area contributed by atoms with Gasteiger partial charge in [-0.05, 0) is 30.2 Å². The van der Waals surface area contributed by atoms with E-state index in [1.54, 1.807) is 12.1 Å². The SMILES string of the molecule is CC(C(=O)NCc1cccc(F)c1)=C1CNC1. The Morgan fingerprint density at radius 2 is 2.24 bits per heavy atom. The van der Waals surface area contributed by atoms with E-state index in [2.05, 4.69) is 10.6 Å². The Kier molecular flexibility index (Phi) is 3.54. The minimum Gasteiger partial charge on any atom is -0.348 e. The quantitative estimate of drug-likeness (QED) is 0.775. The maximum absolute atomic E-state index is 12.9. The largest absolute Gasteiger partial charge is 0.348 e. The van der Waals surface area contributed by atoms with E-state index in [0.29, 0.717) is 6.54 Å². The van der Waals surface area contributed by atoms with Crippen molar-refractivity contribution in [3.63, 3.8) is 0 Å². The van der Waals surface area contributed by atoms with E-state index in [4.69, 9.17) is 0 Å². The summed E-state index contributed by atoms with van der Waals surface area (Å²) < 4.78 is 12.9. The van der Waals surface area contributed by atoms with E-state index >= 15 is 0 Å². The molecule has 0 unspecified atom stereocenters. The zero-order chi connectivity index (χ0) is 12.3. The highest BCUT2D eigenvalue weighted by Gasteiger charge is 2.15. The zero-order valence-corrected chi connectivity index (χ0v) is 9.72. The van der Waals surface area contributed by atoms with Crippen molar-refractivity contribution >= 4 is 5.91 Å². The second-order valence-electron chi connectivity index (χ2n) is 4.14. The van der Waals surface area contributed by atoms with Gasteiger partial charge >= 0.3 is 0 Å². The van der Waals surface area contributed by atoms with E-state index in [0.717, 1.165) is 29.8 Å². The minimum atomic E-state index is -0.282. The van der Waals surface area contributed by atoms with Crippen molar-refractivity contribution in [2.75, 3.05) is 13.1 Å². The lowest BCUT2D eigenvalue weighted by molar-refractivity contribution is -0.117. The summed E-state index contributed by atoms with van der Waals surface area (Å²) in [4.78, 5) is 11.7. The summed E-state index contributed by atoms with van der Waals surface area (Å²) in [7, 11) is 0. The van der Waals surface area contributed by atoms with Crippen LogP contribution in [0.4, 0.5) is 4.39 Å². The molecule has 17 heavy (non-hydrogen) atoms. The first-order chi connectivity index (χ1) is 8.16. The maximum atomic E-state index is 12.9. The Bertz CT molecular complexity index is 462. The fourth-order valence-electron chi connectivity index (χ4n) is 1.64. The molecular weight excluding hydrogens is 219 g/mol. The van der Waals surface area contributed by atoms with Gasteiger partial charge in [0.05, 0.1) is 0 Å². The van der Waals surface area contributed by atoms with E-state index in [1.807, 2.05) is 6.92 Å². The number of benzene rings is 1. The van der Waals surface area contributed by atoms with Crippen LogP contribution in [0.2, 0.25) is 0 Å². The van der Waals surface area contributed by atoms with Crippen molar-refractivity contribution in [1.29, 1.82) is 0 Å². The molecule has 1 aromatic rings. The third-order valence-electron chi connectivity index (χ3n) is 2.89. The number of hydrogen-bond donors (Lipinski definition) is 2. The molecule has 1 heterocycles. The molecule has 1 fully saturated rings. The third kappa shape index (κ3) is 2.91. The van der Waals surface area contributed by atoms with Crippen LogP contribution < -0.4 is 10.6 Å². The molecule has 0 bridgehead atoms. The Morgan fingerprint density at radius 1 is 1.47 bits per heavy atom. The van der Waals surface area contributed by atoms with Gasteiger partial charge in [-0.15, -0.1) is 0 Å². The lowest BCUT2D eigenvalue weighted by Crippen LogP contribution is -2.37. The molecule has 2 N–H and O–H groups in total. The molecule has 0 radical (unpaired) electrons. The van der Waals surface area contributed by atoms with E-state index in [1.165, 1.54) is 12.1 Å². The molecule has 1 saturated heterocycles. The Morgan fingerprint density at radius 3 is 2.82 bits per heavy atom. The highest BCUT2D eigenvalue weighted by Crippen LogP contribution is 2.09. The summed E-state index contributed by atoms with van der Waals surface area (Å²) >= 11 is 0. The molecule has 2 rings (SSSR count). The van der Waals surface area contributed by atoms with Crippen molar-refractivity contribution in [1.82, 2.24) is 10.6 Å². The first kappa shape index (κ1) is 11.8. The molecule has 4 heteroatoms. The number of hydrogen-bond acceptors (Lipinski definition) is 2. The normalized spacial score (nSPS) is 14.1. The summed E-state index contributed by atoms with van der Waals surface area (Å²) in [6, 6.07) is 6.24. The van der Waals surface area contributed by atoms with Gasteiger partial charge in [0.2, 0.25) is 5.91 Å². The van der Waals surface area contributed by atoms with E-state index in [9.17, 15) is 9.18 Å². The fourth-order valence-corrected chi connectivity index (χ4v) is 1.64. The smallest absolute Gasteiger partial charge is 0.247 e. The van der Waals surface area contributed by atoms with Crippen molar-refractivity contribution in [3.8, 4) is 0 Å². The van der Waals surface area contributed by atoms with Crippen LogP contribution in [0.3, 0.4) is 0 Å². The molecule has 1 aliphatic heterocycles. The maximum Gasteiger partial charge on any atom is 0.247 e. The lowest BCUT2D eigenvalue weighted by atomic mass is 10.0. The first-order valence-corrected chi connectivity index (χ1v) is 5.59. The third-order valence-corrected chi connectivity index (χ3v) is 2.89. The number of rotatable bonds is 3. The van der Waals surface area contributed by atoms with Crippen molar-refractivity contribution in [2.45, 2.75) is 13.5 Å². The lowest BCUT2D eigenvalue weighted by Gasteiger charge is -2.21. The molecule has 0 spiro atoms. The molecule has 1 aromatic carbocycles. The molecule has 0 aliphatic carbocycles. The molecule has 0 atom stereocenters. The molecule has 90 valence electrons. The van der Waals surface area contributed by atoms with Crippen LogP contribution in [0.1, 0.15) is 12.5 Å². The van der Waals surface area contributed by atoms with Crippen molar-refractivity contribution in [3.05, 3.63) is 46.8 Å². The molecule has 3 nitrogen and oxygen atoms in total. The summed E-state index contributed by atoms with van der Waals surface area (Å²) in [5, 5.41) is 5.87. The van der Waals surface area contributed by atoms with Gasteiger partial charge in [-0.1, -0.05) is 12.1 Å². The van der Waals surface area contributed by atoms with Gasteiger partial charge in [0.15, 0.2) is 0 Å². The summed E-state index contributed by atoms with van der Waals surface area (Å²) in [6.45, 7) is 3.75. The van der Waals surface area contributed by atoms with Crippen molar-refractivity contribution in [2.24, 2.45) is 0 Å². The Balaban J connectivity index is 1.92. The van der Waals surface area contributed by atoms with Crippen LogP contribution >= 0.6 is 0 Å². The highest BCUT2D eigenvalue weighted by atomic mass is 19.1. The van der Waals surface area contributed by atoms with Crippen LogP contribution in [0, 0.1) is 5.82 Å². The number of amides is 1. The number of nitrogens with one attached hydrogen (secondary N) is 2. The topological polar surface area (TPSA) is 41.1 Å². The standard InChI is InChI=1S/C13H15FN2O/c1-9(11-7-15-8-11)13(17)16-6-10-3-2-4-12(14)5-10/h2-5,15H,6-8H2,1H3,(H,16,17). The first-order valence-electron chi connectivity index (χ1n) is 5.59. The van der Waals surface area contributed by atoms with Gasteiger partial charge in [-0.2, -0.15) is 0 Å². The summed E-state index contributed by atoms with van der Waals surface area (Å²) in [6.07, 6.45) is 0. The van der Waals surface area contributed by atoms with Gasteiger partial charge in [0.1, 0.15) is 5.82 Å². The predicted octanol–water partition coefficient (Wildman–Crippen LogP) is 1.36. The van der Waals surface area contributed by atoms with Crippen molar-refractivity contribution < 1.29 is 9.18 Å². The number of halogens is 1. The Hall–Kier alpha value is -1.68. The minimum absolute atomic E-state index is 0.0780. The second kappa shape index (κ2) is 5.10. The van der Waals surface area contributed by atoms with Gasteiger partial charge in [0.25, 0.3) is 0 Å². The van der Waals surface area contributed by atoms with Crippen LogP contribution in [0.15, 0.2) is 35.4 Å². The monoisotopic (exact) mass is 234 g/mol. The van der Waals surface area contributed by atoms with Gasteiger partial charge in [-0.3, -0.25) is 4.79 Å². The molecule has 0 saturated carbocycles. The van der Waals surface area contributed by atoms with Gasteiger partial charge in [-0.25, -0.2) is 4.39 Å². The van der Waals surface area contributed by atoms with Crippen LogP contribution in [0.25, 0.3) is 0 Å². The average Bonchev–Trinajstić information content (AvgIpc) is 2.23. The molecule has 0 aromatic heterocycles. The molecular formula is C13H15FN2O. The summed E-state index contributed by atoms with van der Waals surface area (Å²) in [5.41, 5.74) is 2.67. The van der Waals surface area contributed by atoms with E-state index < -0.39 is 0 Å². The summed E-state index contributed by atoms with van der Waals surface area (Å²) in [5.74, 6) is -0.360. The molecule has 1 amide bonds. The second-order valence-corrected chi connectivity index (χ2v) is 4.14. The number of carbonyl (C=O) groups excluding carboxylic acids is 1. The highest BCUT2D eigenvalue weighted by molar-refractivity contribution is 5.93. The van der Waals surface area contributed by atoms with Crippen LogP contribution in [-0.2, 0) is 11.3 Å². The predicted molar refractivity (Wildman–Crippen MR) is 63.8 cm³/mol. The zero-order valence-electron chi connectivity index (χ0n) is 9.72.